The lowest BCUT2D eigenvalue weighted by molar-refractivity contribution is -0.133. The average Bonchev–Trinajstić information content (AvgIpc) is 3.49. The lowest BCUT2D eigenvalue weighted by atomic mass is 9.74. The quantitative estimate of drug-likeness (QED) is 0.687. The molecular weight excluding hydrogens is 404 g/mol. The van der Waals surface area contributed by atoms with Crippen LogP contribution < -0.4 is 5.32 Å². The number of anilines is 1. The van der Waals surface area contributed by atoms with E-state index in [1.165, 1.54) is 0 Å². The minimum absolute atomic E-state index is 0.0368. The van der Waals surface area contributed by atoms with Crippen LogP contribution in [0.4, 0.5) is 5.69 Å². The highest BCUT2D eigenvalue weighted by atomic mass is 16.2. The molecule has 32 heavy (non-hydrogen) atoms. The van der Waals surface area contributed by atoms with Crippen LogP contribution in [0.25, 0.3) is 0 Å². The van der Waals surface area contributed by atoms with Crippen molar-refractivity contribution in [2.75, 3.05) is 11.9 Å². The van der Waals surface area contributed by atoms with Crippen LogP contribution in [0.5, 0.6) is 0 Å². The number of carbonyl (C=O) groups excluding carboxylic acids is 2. The van der Waals surface area contributed by atoms with Crippen molar-refractivity contribution in [3.8, 4) is 0 Å². The third kappa shape index (κ3) is 2.82. The molecule has 3 aromatic rings. The molecule has 4 heterocycles. The topological polar surface area (TPSA) is 85.1 Å². The maximum Gasteiger partial charge on any atom is 0.237 e. The van der Waals surface area contributed by atoms with Gasteiger partial charge in [0.25, 0.3) is 0 Å². The van der Waals surface area contributed by atoms with E-state index in [4.69, 9.17) is 0 Å². The molecule has 2 aliphatic heterocycles. The first-order valence-electron chi connectivity index (χ1n) is 11.0. The van der Waals surface area contributed by atoms with E-state index in [-0.39, 0.29) is 11.8 Å². The standard InChI is InChI=1S/C24H28N6O2/c1-15-17(16(2)29(4)27-15)9-10-20(31)30-13-11-24(21(30)22-25-12-14-28(22)3)18-7-5-6-8-19(18)26-23(24)32/h5-8,12,14,21H,9-11,13H2,1-4H3,(H,26,32)/t21-,24+/m0/s1. The maximum atomic E-state index is 13.6. The van der Waals surface area contributed by atoms with E-state index in [1.54, 1.807) is 6.20 Å². The van der Waals surface area contributed by atoms with Crippen LogP contribution in [0, 0.1) is 13.8 Å². The van der Waals surface area contributed by atoms with Gasteiger partial charge in [0.1, 0.15) is 17.3 Å². The average molecular weight is 433 g/mol. The predicted octanol–water partition coefficient (Wildman–Crippen LogP) is 2.57. The van der Waals surface area contributed by atoms with Gasteiger partial charge < -0.3 is 14.8 Å². The molecule has 5 rings (SSSR count). The van der Waals surface area contributed by atoms with Crippen LogP contribution in [0.1, 0.15) is 47.2 Å². The van der Waals surface area contributed by atoms with Crippen molar-refractivity contribution in [3.63, 3.8) is 0 Å². The van der Waals surface area contributed by atoms with Gasteiger partial charge in [-0.2, -0.15) is 5.10 Å². The van der Waals surface area contributed by atoms with Crippen molar-refractivity contribution in [1.82, 2.24) is 24.2 Å². The van der Waals surface area contributed by atoms with Gasteiger partial charge >= 0.3 is 0 Å². The third-order valence-corrected chi connectivity index (χ3v) is 7.26. The van der Waals surface area contributed by atoms with Crippen LogP contribution in [-0.4, -0.2) is 42.6 Å². The van der Waals surface area contributed by atoms with Crippen molar-refractivity contribution in [3.05, 3.63) is 65.0 Å². The smallest absolute Gasteiger partial charge is 0.237 e. The summed E-state index contributed by atoms with van der Waals surface area (Å²) >= 11 is 0. The fourth-order valence-electron chi connectivity index (χ4n) is 5.51. The van der Waals surface area contributed by atoms with Crippen molar-refractivity contribution in [1.29, 1.82) is 0 Å². The summed E-state index contributed by atoms with van der Waals surface area (Å²) in [5.74, 6) is 0.715. The van der Waals surface area contributed by atoms with Crippen molar-refractivity contribution in [2.45, 2.75) is 44.6 Å². The minimum atomic E-state index is -0.828. The van der Waals surface area contributed by atoms with E-state index in [1.807, 2.05) is 72.6 Å². The number of imidazole rings is 1. The number of aromatic nitrogens is 4. The highest BCUT2D eigenvalue weighted by Crippen LogP contribution is 2.54. The second-order valence-corrected chi connectivity index (χ2v) is 8.88. The Hall–Kier alpha value is -3.42. The number of carbonyl (C=O) groups is 2. The van der Waals surface area contributed by atoms with Gasteiger partial charge in [0.05, 0.1) is 5.69 Å². The molecule has 1 fully saturated rings. The Balaban J connectivity index is 1.51. The molecule has 2 aromatic heterocycles. The highest BCUT2D eigenvalue weighted by Gasteiger charge is 2.60. The Morgan fingerprint density at radius 2 is 2.03 bits per heavy atom. The number of nitrogens with zero attached hydrogens (tertiary/aromatic N) is 5. The fourth-order valence-corrected chi connectivity index (χ4v) is 5.51. The van der Waals surface area contributed by atoms with Gasteiger partial charge in [-0.1, -0.05) is 18.2 Å². The van der Waals surface area contributed by atoms with Crippen molar-refractivity contribution in [2.24, 2.45) is 14.1 Å². The molecule has 0 saturated carbocycles. The number of fused-ring (bicyclic) bond motifs is 2. The lowest BCUT2D eigenvalue weighted by Crippen LogP contribution is -2.43. The molecule has 2 atom stereocenters. The van der Waals surface area contributed by atoms with Crippen molar-refractivity contribution < 1.29 is 9.59 Å². The Morgan fingerprint density at radius 3 is 2.72 bits per heavy atom. The molecule has 0 radical (unpaired) electrons. The molecule has 0 unspecified atom stereocenters. The van der Waals surface area contributed by atoms with Gasteiger partial charge in [-0.25, -0.2) is 4.98 Å². The summed E-state index contributed by atoms with van der Waals surface area (Å²) in [6.45, 7) is 4.53. The van der Waals surface area contributed by atoms with E-state index in [2.05, 4.69) is 15.4 Å². The molecule has 166 valence electrons. The molecule has 8 heteroatoms. The molecule has 0 aliphatic carbocycles. The van der Waals surface area contributed by atoms with E-state index >= 15 is 0 Å². The molecule has 1 spiro atoms. The number of hydrogen-bond acceptors (Lipinski definition) is 4. The Morgan fingerprint density at radius 1 is 1.25 bits per heavy atom. The summed E-state index contributed by atoms with van der Waals surface area (Å²) in [5, 5.41) is 7.52. The summed E-state index contributed by atoms with van der Waals surface area (Å²) < 4.78 is 3.78. The van der Waals surface area contributed by atoms with E-state index in [0.29, 0.717) is 25.8 Å². The highest BCUT2D eigenvalue weighted by molar-refractivity contribution is 6.07. The number of nitrogens with one attached hydrogen (secondary N) is 1. The zero-order valence-corrected chi connectivity index (χ0v) is 18.9. The first kappa shape index (κ1) is 20.5. The van der Waals surface area contributed by atoms with Crippen LogP contribution in [0.3, 0.4) is 0 Å². The fraction of sp³-hybridized carbons (Fsp3) is 0.417. The van der Waals surface area contributed by atoms with Crippen molar-refractivity contribution >= 4 is 17.5 Å². The summed E-state index contributed by atoms with van der Waals surface area (Å²) in [6.07, 6.45) is 5.16. The third-order valence-electron chi connectivity index (χ3n) is 7.26. The first-order valence-corrected chi connectivity index (χ1v) is 11.0. The largest absolute Gasteiger partial charge is 0.336 e. The zero-order chi connectivity index (χ0) is 22.6. The summed E-state index contributed by atoms with van der Waals surface area (Å²) in [7, 11) is 3.84. The van der Waals surface area contributed by atoms with Crippen LogP contribution in [0.15, 0.2) is 36.7 Å². The van der Waals surface area contributed by atoms with Crippen LogP contribution >= 0.6 is 0 Å². The molecule has 1 saturated heterocycles. The second-order valence-electron chi connectivity index (χ2n) is 8.88. The number of aryl methyl sites for hydroxylation is 3. The van der Waals surface area contributed by atoms with Gasteiger partial charge in [-0.15, -0.1) is 0 Å². The molecule has 1 N–H and O–H groups in total. The molecule has 2 aliphatic rings. The van der Waals surface area contributed by atoms with E-state index in [9.17, 15) is 9.59 Å². The molecule has 1 aromatic carbocycles. The summed E-state index contributed by atoms with van der Waals surface area (Å²) in [4.78, 5) is 33.4. The first-order chi connectivity index (χ1) is 15.3. The van der Waals surface area contributed by atoms with Gasteiger partial charge in [-0.05, 0) is 43.9 Å². The van der Waals surface area contributed by atoms with Crippen LogP contribution in [-0.2, 0) is 35.5 Å². The molecule has 8 nitrogen and oxygen atoms in total. The summed E-state index contributed by atoms with van der Waals surface area (Å²) in [6, 6.07) is 7.35. The van der Waals surface area contributed by atoms with E-state index < -0.39 is 11.5 Å². The Labute approximate surface area is 187 Å². The Bertz CT molecular complexity index is 1230. The van der Waals surface area contributed by atoms with Gasteiger partial charge in [0.2, 0.25) is 11.8 Å². The zero-order valence-electron chi connectivity index (χ0n) is 18.9. The summed E-state index contributed by atoms with van der Waals surface area (Å²) in [5.41, 5.74) is 4.11. The monoisotopic (exact) mass is 432 g/mol. The normalized spacial score (nSPS) is 21.9. The number of hydrogen-bond donors (Lipinski definition) is 1. The van der Waals surface area contributed by atoms with E-state index in [0.717, 1.165) is 34.0 Å². The van der Waals surface area contributed by atoms with Gasteiger partial charge in [-0.3, -0.25) is 14.3 Å². The van der Waals surface area contributed by atoms with Gasteiger partial charge in [0.15, 0.2) is 0 Å². The number of benzene rings is 1. The Kier molecular flexibility index (Phi) is 4.69. The number of likely N-dealkylation sites (tertiary alicyclic amines) is 1. The molecular formula is C24H28N6O2. The van der Waals surface area contributed by atoms with Gasteiger partial charge in [0, 0.05) is 50.8 Å². The predicted molar refractivity (Wildman–Crippen MR) is 120 cm³/mol. The number of amides is 2. The lowest BCUT2D eigenvalue weighted by Gasteiger charge is -2.33. The SMILES string of the molecule is Cc1nn(C)c(C)c1CCC(=O)N1CC[C@]2(C(=O)Nc3ccccc32)[C@@H]1c1nccn1C. The number of para-hydroxylation sites is 1. The number of rotatable bonds is 4. The second kappa shape index (κ2) is 7.32. The maximum absolute atomic E-state index is 13.6. The van der Waals surface area contributed by atoms with Crippen LogP contribution in [0.2, 0.25) is 0 Å². The minimum Gasteiger partial charge on any atom is -0.336 e. The molecule has 0 bridgehead atoms. The molecule has 2 amide bonds.